The van der Waals surface area contributed by atoms with E-state index in [1.165, 1.54) is 16.8 Å². The molecule has 0 unspecified atom stereocenters. The maximum Gasteiger partial charge on any atom is 0.266 e. The highest BCUT2D eigenvalue weighted by atomic mass is 32.2. The van der Waals surface area contributed by atoms with Gasteiger partial charge < -0.3 is 9.84 Å². The Morgan fingerprint density at radius 2 is 1.85 bits per heavy atom. The number of ether oxygens (including phenoxy) is 1. The monoisotopic (exact) mass is 474 g/mol. The molecule has 4 aromatic rings. The first-order valence-corrected chi connectivity index (χ1v) is 11.5. The lowest BCUT2D eigenvalue weighted by Gasteiger charge is -2.13. The molecule has 4 rings (SSSR count). The van der Waals surface area contributed by atoms with Gasteiger partial charge in [0.2, 0.25) is 0 Å². The summed E-state index contributed by atoms with van der Waals surface area (Å²) in [5.74, 6) is 0.371. The van der Waals surface area contributed by atoms with Crippen LogP contribution in [0.2, 0.25) is 0 Å². The van der Waals surface area contributed by atoms with Gasteiger partial charge in [-0.05, 0) is 55.5 Å². The summed E-state index contributed by atoms with van der Waals surface area (Å²) in [5, 5.41) is 14.5. The minimum atomic E-state index is -0.377. The first-order chi connectivity index (χ1) is 16.6. The maximum absolute atomic E-state index is 13.3. The summed E-state index contributed by atoms with van der Waals surface area (Å²) in [5.41, 5.74) is 3.85. The Morgan fingerprint density at radius 1 is 1.12 bits per heavy atom. The standard InChI is InChI=1S/C25H22N4O4S/c1-2-33-19-13-11-18(12-14-19)29-24(32)20-8-4-5-9-21(20)27-25(29)34-16-23(31)28-26-15-17-7-3-6-10-22(17)30/h3-15,30H,2,16H2,1H3,(H,28,31). The summed E-state index contributed by atoms with van der Waals surface area (Å²) in [6.45, 7) is 2.44. The van der Waals surface area contributed by atoms with Gasteiger partial charge in [-0.25, -0.2) is 10.4 Å². The van der Waals surface area contributed by atoms with E-state index in [0.29, 0.717) is 39.7 Å². The number of thioether (sulfide) groups is 1. The number of aromatic nitrogens is 2. The molecule has 0 aliphatic carbocycles. The topological polar surface area (TPSA) is 106 Å². The predicted octanol–water partition coefficient (Wildman–Crippen LogP) is 3.73. The molecule has 0 fully saturated rings. The highest BCUT2D eigenvalue weighted by Crippen LogP contribution is 2.23. The number of aromatic hydroxyl groups is 1. The van der Waals surface area contributed by atoms with Crippen molar-refractivity contribution >= 4 is 34.8 Å². The fourth-order valence-corrected chi connectivity index (χ4v) is 4.03. The van der Waals surface area contributed by atoms with Crippen LogP contribution in [0.1, 0.15) is 12.5 Å². The van der Waals surface area contributed by atoms with Crippen LogP contribution >= 0.6 is 11.8 Å². The number of carbonyl (C=O) groups excluding carboxylic acids is 1. The van der Waals surface area contributed by atoms with E-state index in [-0.39, 0.29) is 23.0 Å². The first kappa shape index (κ1) is 23.1. The van der Waals surface area contributed by atoms with Gasteiger partial charge in [0.05, 0.1) is 35.2 Å². The molecule has 3 aromatic carbocycles. The number of amides is 1. The van der Waals surface area contributed by atoms with Gasteiger partial charge in [0.15, 0.2) is 5.16 Å². The summed E-state index contributed by atoms with van der Waals surface area (Å²) in [6, 6.07) is 20.9. The third kappa shape index (κ3) is 5.26. The first-order valence-electron chi connectivity index (χ1n) is 10.5. The number of hydrogen-bond donors (Lipinski definition) is 2. The molecule has 1 heterocycles. The van der Waals surface area contributed by atoms with Crippen LogP contribution in [0, 0.1) is 0 Å². The van der Waals surface area contributed by atoms with Crippen molar-refractivity contribution < 1.29 is 14.6 Å². The van der Waals surface area contributed by atoms with Crippen LogP contribution in [0.3, 0.4) is 0 Å². The zero-order valence-electron chi connectivity index (χ0n) is 18.3. The molecule has 1 amide bonds. The fraction of sp³-hybridized carbons (Fsp3) is 0.120. The number of para-hydroxylation sites is 2. The van der Waals surface area contributed by atoms with Crippen molar-refractivity contribution in [3.05, 3.63) is 88.7 Å². The van der Waals surface area contributed by atoms with E-state index in [4.69, 9.17) is 4.74 Å². The fourth-order valence-electron chi connectivity index (χ4n) is 3.23. The van der Waals surface area contributed by atoms with Crippen molar-refractivity contribution in [2.24, 2.45) is 5.10 Å². The van der Waals surface area contributed by atoms with Gasteiger partial charge in [-0.3, -0.25) is 14.2 Å². The van der Waals surface area contributed by atoms with E-state index in [0.717, 1.165) is 11.8 Å². The molecule has 2 N–H and O–H groups in total. The number of fused-ring (bicyclic) bond motifs is 1. The second-order valence-electron chi connectivity index (χ2n) is 7.12. The molecule has 8 nitrogen and oxygen atoms in total. The van der Waals surface area contributed by atoms with Crippen LogP contribution in [0.15, 0.2) is 87.8 Å². The van der Waals surface area contributed by atoms with Gasteiger partial charge in [0, 0.05) is 5.56 Å². The Morgan fingerprint density at radius 3 is 2.62 bits per heavy atom. The highest BCUT2D eigenvalue weighted by molar-refractivity contribution is 7.99. The van der Waals surface area contributed by atoms with Crippen molar-refractivity contribution in [2.45, 2.75) is 12.1 Å². The van der Waals surface area contributed by atoms with Gasteiger partial charge in [-0.2, -0.15) is 5.10 Å². The number of hydrazone groups is 1. The average Bonchev–Trinajstić information content (AvgIpc) is 2.85. The number of nitrogens with zero attached hydrogens (tertiary/aromatic N) is 3. The zero-order chi connectivity index (χ0) is 23.9. The minimum absolute atomic E-state index is 0.0140. The number of phenolic OH excluding ortho intramolecular Hbond substituents is 1. The number of carbonyl (C=O) groups is 1. The molecule has 34 heavy (non-hydrogen) atoms. The molecule has 0 saturated carbocycles. The maximum atomic E-state index is 13.3. The van der Waals surface area contributed by atoms with Gasteiger partial charge in [-0.1, -0.05) is 36.0 Å². The summed E-state index contributed by atoms with van der Waals surface area (Å²) in [7, 11) is 0. The Labute approximate surface area is 199 Å². The Kier molecular flexibility index (Phi) is 7.24. The molecule has 9 heteroatoms. The lowest BCUT2D eigenvalue weighted by Crippen LogP contribution is -2.24. The second kappa shape index (κ2) is 10.7. The number of rotatable bonds is 8. The average molecular weight is 475 g/mol. The molecule has 172 valence electrons. The smallest absolute Gasteiger partial charge is 0.266 e. The Bertz CT molecular complexity index is 1400. The van der Waals surface area contributed by atoms with E-state index >= 15 is 0 Å². The Balaban J connectivity index is 1.57. The lowest BCUT2D eigenvalue weighted by molar-refractivity contribution is -0.118. The van der Waals surface area contributed by atoms with E-state index in [9.17, 15) is 14.7 Å². The van der Waals surface area contributed by atoms with Crippen LogP contribution in [0.5, 0.6) is 11.5 Å². The van der Waals surface area contributed by atoms with Crippen LogP contribution in [-0.4, -0.2) is 39.1 Å². The van der Waals surface area contributed by atoms with Gasteiger partial charge in [0.25, 0.3) is 11.5 Å². The van der Waals surface area contributed by atoms with Crippen LogP contribution < -0.4 is 15.7 Å². The number of hydrogen-bond acceptors (Lipinski definition) is 7. The van der Waals surface area contributed by atoms with Crippen molar-refractivity contribution in [1.82, 2.24) is 15.0 Å². The quantitative estimate of drug-likeness (QED) is 0.174. The molecule has 0 aliphatic heterocycles. The molecule has 0 saturated heterocycles. The summed E-state index contributed by atoms with van der Waals surface area (Å²) < 4.78 is 6.98. The molecular weight excluding hydrogens is 452 g/mol. The third-order valence-corrected chi connectivity index (χ3v) is 5.75. The van der Waals surface area contributed by atoms with Crippen molar-refractivity contribution in [3.8, 4) is 17.2 Å². The largest absolute Gasteiger partial charge is 0.507 e. The normalized spacial score (nSPS) is 11.1. The van der Waals surface area contributed by atoms with E-state index in [2.05, 4.69) is 15.5 Å². The van der Waals surface area contributed by atoms with Crippen molar-refractivity contribution in [1.29, 1.82) is 0 Å². The van der Waals surface area contributed by atoms with Gasteiger partial charge in [0.1, 0.15) is 11.5 Å². The SMILES string of the molecule is CCOc1ccc(-n2c(SCC(=O)NN=Cc3ccccc3O)nc3ccccc3c2=O)cc1. The summed E-state index contributed by atoms with van der Waals surface area (Å²) in [6.07, 6.45) is 1.36. The molecule has 0 aliphatic rings. The molecule has 0 bridgehead atoms. The number of phenols is 1. The van der Waals surface area contributed by atoms with Crippen molar-refractivity contribution in [2.75, 3.05) is 12.4 Å². The molecular formula is C25H22N4O4S. The molecule has 0 radical (unpaired) electrons. The van der Waals surface area contributed by atoms with Crippen LogP contribution in [0.4, 0.5) is 0 Å². The zero-order valence-corrected chi connectivity index (χ0v) is 19.2. The number of nitrogens with one attached hydrogen (secondary N) is 1. The van der Waals surface area contributed by atoms with Crippen LogP contribution in [-0.2, 0) is 4.79 Å². The summed E-state index contributed by atoms with van der Waals surface area (Å²) in [4.78, 5) is 30.3. The van der Waals surface area contributed by atoms with E-state index < -0.39 is 0 Å². The third-order valence-electron chi connectivity index (χ3n) is 4.81. The van der Waals surface area contributed by atoms with Crippen LogP contribution in [0.25, 0.3) is 16.6 Å². The van der Waals surface area contributed by atoms with Gasteiger partial charge >= 0.3 is 0 Å². The minimum Gasteiger partial charge on any atom is -0.507 e. The predicted molar refractivity (Wildman–Crippen MR) is 133 cm³/mol. The number of benzene rings is 3. The Hall–Kier alpha value is -4.11. The van der Waals surface area contributed by atoms with E-state index in [1.807, 2.05) is 13.0 Å². The molecule has 1 aromatic heterocycles. The molecule has 0 spiro atoms. The highest BCUT2D eigenvalue weighted by Gasteiger charge is 2.15. The second-order valence-corrected chi connectivity index (χ2v) is 8.06. The van der Waals surface area contributed by atoms with E-state index in [1.54, 1.807) is 60.7 Å². The lowest BCUT2D eigenvalue weighted by atomic mass is 10.2. The summed E-state index contributed by atoms with van der Waals surface area (Å²) >= 11 is 1.13. The van der Waals surface area contributed by atoms with Crippen molar-refractivity contribution in [3.63, 3.8) is 0 Å². The molecule has 0 atom stereocenters. The van der Waals surface area contributed by atoms with Gasteiger partial charge in [-0.15, -0.1) is 0 Å².